The van der Waals surface area contributed by atoms with Crippen LogP contribution in [-0.4, -0.2) is 8.07 Å². The zero-order valence-corrected chi connectivity index (χ0v) is 22.6. The summed E-state index contributed by atoms with van der Waals surface area (Å²) in [5.41, 5.74) is 7.17. The van der Waals surface area contributed by atoms with Gasteiger partial charge in [0, 0.05) is 9.52 Å². The standard InChI is InChI=1S/C27H43BrSi/c1-9-14-21-18-22(15-10-2)26(28)27(29(7,8)20(21)6)19-23(16-11-3)24(17-12-4)25(27)13-5/h10,12,17,19-21H,2,9,11,13-16,18H2,1,3-8H3. The SMILES string of the molecule is C=CCC1=C(Br)C2(C=C(CCC)C(C=CC)=C2CC)[Si](C)(C)C(C)C(CCC)C1. The third kappa shape index (κ3) is 4.13. The second-order valence-corrected chi connectivity index (χ2v) is 15.6. The molecule has 2 rings (SSSR count). The first-order valence-corrected chi connectivity index (χ1v) is 15.7. The molecule has 29 heavy (non-hydrogen) atoms. The van der Waals surface area contributed by atoms with Crippen LogP contribution in [0.4, 0.5) is 0 Å². The third-order valence-corrected chi connectivity index (χ3v) is 14.9. The fraction of sp³-hybridized carbons (Fsp3) is 0.630. The molecule has 162 valence electrons. The van der Waals surface area contributed by atoms with Crippen molar-refractivity contribution in [2.45, 2.75) is 103 Å². The fourth-order valence-corrected chi connectivity index (χ4v) is 12.9. The Morgan fingerprint density at radius 3 is 2.45 bits per heavy atom. The van der Waals surface area contributed by atoms with Crippen molar-refractivity contribution < 1.29 is 0 Å². The molecule has 3 unspecified atom stereocenters. The smallest absolute Gasteiger partial charge is 0.0724 e. The van der Waals surface area contributed by atoms with E-state index in [2.05, 4.69) is 94.5 Å². The quantitative estimate of drug-likeness (QED) is 0.242. The van der Waals surface area contributed by atoms with Gasteiger partial charge in [-0.1, -0.05) is 111 Å². The van der Waals surface area contributed by atoms with E-state index in [-0.39, 0.29) is 5.04 Å². The minimum absolute atomic E-state index is 0.0986. The lowest BCUT2D eigenvalue weighted by Crippen LogP contribution is -2.47. The lowest BCUT2D eigenvalue weighted by atomic mass is 9.87. The van der Waals surface area contributed by atoms with Gasteiger partial charge in [-0.2, -0.15) is 0 Å². The number of halogens is 1. The van der Waals surface area contributed by atoms with Gasteiger partial charge in [0.25, 0.3) is 0 Å². The molecule has 0 nitrogen and oxygen atoms in total. The van der Waals surface area contributed by atoms with Gasteiger partial charge in [-0.15, -0.1) is 6.58 Å². The zero-order chi connectivity index (χ0) is 21.8. The van der Waals surface area contributed by atoms with Crippen molar-refractivity contribution >= 4 is 24.0 Å². The maximum absolute atomic E-state index is 4.27. The molecule has 0 radical (unpaired) electrons. The van der Waals surface area contributed by atoms with Crippen LogP contribution in [-0.2, 0) is 0 Å². The van der Waals surface area contributed by atoms with Gasteiger partial charge < -0.3 is 0 Å². The van der Waals surface area contributed by atoms with E-state index in [0.717, 1.165) is 24.3 Å². The summed E-state index contributed by atoms with van der Waals surface area (Å²) < 4.78 is 1.50. The maximum atomic E-state index is 4.27. The van der Waals surface area contributed by atoms with Crippen LogP contribution in [0.15, 0.2) is 57.7 Å². The van der Waals surface area contributed by atoms with Crippen molar-refractivity contribution in [2.24, 2.45) is 5.92 Å². The van der Waals surface area contributed by atoms with Crippen molar-refractivity contribution in [2.75, 3.05) is 0 Å². The molecule has 1 aliphatic heterocycles. The summed E-state index contributed by atoms with van der Waals surface area (Å²) in [6.07, 6.45) is 17.9. The molecule has 0 aromatic carbocycles. The Labute approximate surface area is 190 Å². The Balaban J connectivity index is 2.89. The normalized spacial score (nSPS) is 29.7. The fourth-order valence-electron chi connectivity index (χ4n) is 6.09. The van der Waals surface area contributed by atoms with Crippen molar-refractivity contribution in [1.29, 1.82) is 0 Å². The highest BCUT2D eigenvalue weighted by atomic mass is 79.9. The highest BCUT2D eigenvalue weighted by Crippen LogP contribution is 2.68. The largest absolute Gasteiger partial charge is 0.103 e. The molecule has 0 saturated heterocycles. The number of rotatable bonds is 8. The van der Waals surface area contributed by atoms with E-state index < -0.39 is 8.07 Å². The lowest BCUT2D eigenvalue weighted by Gasteiger charge is -2.48. The van der Waals surface area contributed by atoms with Crippen LogP contribution in [0.25, 0.3) is 0 Å². The Kier molecular flexibility index (Phi) is 8.62. The second-order valence-electron chi connectivity index (χ2n) is 9.65. The van der Waals surface area contributed by atoms with Gasteiger partial charge >= 0.3 is 0 Å². The van der Waals surface area contributed by atoms with E-state index in [9.17, 15) is 0 Å². The molecule has 2 heteroatoms. The topological polar surface area (TPSA) is 0 Å². The highest BCUT2D eigenvalue weighted by molar-refractivity contribution is 9.11. The van der Waals surface area contributed by atoms with Gasteiger partial charge in [0.2, 0.25) is 0 Å². The summed E-state index contributed by atoms with van der Waals surface area (Å²) in [6.45, 7) is 21.2. The molecule has 0 aromatic heterocycles. The van der Waals surface area contributed by atoms with Crippen LogP contribution in [0.5, 0.6) is 0 Å². The Hall–Kier alpha value is -0.603. The lowest BCUT2D eigenvalue weighted by molar-refractivity contribution is 0.450. The molecule has 1 spiro atoms. The summed E-state index contributed by atoms with van der Waals surface area (Å²) in [6, 6.07) is 0. The molecular weight excluding hydrogens is 432 g/mol. The van der Waals surface area contributed by atoms with Gasteiger partial charge in [0.1, 0.15) is 0 Å². The molecule has 1 heterocycles. The van der Waals surface area contributed by atoms with Crippen molar-refractivity contribution in [3.05, 3.63) is 57.7 Å². The summed E-state index contributed by atoms with van der Waals surface area (Å²) in [5.74, 6) is 0.787. The molecular formula is C27H43BrSi. The number of hydrogen-bond donors (Lipinski definition) is 0. The van der Waals surface area contributed by atoms with E-state index in [1.165, 1.54) is 42.2 Å². The van der Waals surface area contributed by atoms with E-state index in [4.69, 9.17) is 0 Å². The molecule has 0 N–H and O–H groups in total. The third-order valence-electron chi connectivity index (χ3n) is 7.82. The molecule has 0 bridgehead atoms. The number of allylic oxidation sites excluding steroid dienone is 9. The maximum Gasteiger partial charge on any atom is 0.0724 e. The van der Waals surface area contributed by atoms with Gasteiger partial charge in [-0.25, -0.2) is 0 Å². The summed E-state index contributed by atoms with van der Waals surface area (Å²) in [5, 5.41) is 0.0986. The molecule has 0 saturated carbocycles. The molecule has 0 fully saturated rings. The minimum Gasteiger partial charge on any atom is -0.103 e. The van der Waals surface area contributed by atoms with Gasteiger partial charge in [-0.05, 0) is 55.2 Å². The average Bonchev–Trinajstić information content (AvgIpc) is 2.98. The predicted molar refractivity (Wildman–Crippen MR) is 139 cm³/mol. The van der Waals surface area contributed by atoms with Gasteiger partial charge in [0.05, 0.1) is 8.07 Å². The predicted octanol–water partition coefficient (Wildman–Crippen LogP) is 9.89. The van der Waals surface area contributed by atoms with E-state index in [1.54, 1.807) is 16.7 Å². The first-order chi connectivity index (χ1) is 13.8. The summed E-state index contributed by atoms with van der Waals surface area (Å²) in [4.78, 5) is 0. The van der Waals surface area contributed by atoms with E-state index in [1.807, 2.05) is 0 Å². The molecule has 2 aliphatic rings. The van der Waals surface area contributed by atoms with Crippen LogP contribution in [0.3, 0.4) is 0 Å². The van der Waals surface area contributed by atoms with Crippen LogP contribution >= 0.6 is 15.9 Å². The monoisotopic (exact) mass is 474 g/mol. The summed E-state index contributed by atoms with van der Waals surface area (Å²) >= 11 is 4.27. The van der Waals surface area contributed by atoms with E-state index >= 15 is 0 Å². The van der Waals surface area contributed by atoms with Crippen LogP contribution in [0, 0.1) is 5.92 Å². The number of hydrogen-bond acceptors (Lipinski definition) is 0. The second kappa shape index (κ2) is 10.1. The highest BCUT2D eigenvalue weighted by Gasteiger charge is 2.57. The first-order valence-electron chi connectivity index (χ1n) is 11.8. The van der Waals surface area contributed by atoms with Crippen LogP contribution < -0.4 is 0 Å². The Morgan fingerprint density at radius 1 is 1.24 bits per heavy atom. The zero-order valence-electron chi connectivity index (χ0n) is 20.0. The molecule has 1 aliphatic carbocycles. The minimum atomic E-state index is -1.73. The Bertz CT molecular complexity index is 734. The van der Waals surface area contributed by atoms with Crippen LogP contribution in [0.1, 0.15) is 79.6 Å². The Morgan fingerprint density at radius 2 is 1.93 bits per heavy atom. The molecule has 3 atom stereocenters. The van der Waals surface area contributed by atoms with Crippen molar-refractivity contribution in [1.82, 2.24) is 0 Å². The summed E-state index contributed by atoms with van der Waals surface area (Å²) in [7, 11) is -1.73. The van der Waals surface area contributed by atoms with Crippen molar-refractivity contribution in [3.63, 3.8) is 0 Å². The molecule has 0 amide bonds. The average molecular weight is 476 g/mol. The molecule has 0 aromatic rings. The van der Waals surface area contributed by atoms with E-state index in [0.29, 0.717) is 0 Å². The van der Waals surface area contributed by atoms with Crippen LogP contribution in [0.2, 0.25) is 23.7 Å². The van der Waals surface area contributed by atoms with Gasteiger partial charge in [-0.3, -0.25) is 0 Å². The first kappa shape index (κ1) is 24.7. The van der Waals surface area contributed by atoms with Gasteiger partial charge in [0.15, 0.2) is 0 Å². The van der Waals surface area contributed by atoms with Crippen molar-refractivity contribution in [3.8, 4) is 0 Å².